The maximum atomic E-state index is 10.6. The Morgan fingerprint density at radius 1 is 1.39 bits per heavy atom. The molecule has 0 aliphatic carbocycles. The van der Waals surface area contributed by atoms with Crippen LogP contribution in [-0.2, 0) is 0 Å². The molecule has 0 saturated heterocycles. The van der Waals surface area contributed by atoms with Gasteiger partial charge in [0.25, 0.3) is 0 Å². The largest absolute Gasteiger partial charge is 0.465 e. The van der Waals surface area contributed by atoms with Gasteiger partial charge in [-0.25, -0.2) is 4.79 Å². The molecule has 106 valence electrons. The van der Waals surface area contributed by atoms with Crippen LogP contribution in [-0.4, -0.2) is 37.0 Å². The highest BCUT2D eigenvalue weighted by molar-refractivity contribution is 6.84. The summed E-state index contributed by atoms with van der Waals surface area (Å²) in [5, 5.41) is 20.5. The van der Waals surface area contributed by atoms with E-state index in [0.29, 0.717) is 0 Å². The summed E-state index contributed by atoms with van der Waals surface area (Å²) in [6, 6.07) is -0.441. The molecule has 0 aromatic heterocycles. The van der Waals surface area contributed by atoms with E-state index in [4.69, 9.17) is 5.11 Å². The van der Waals surface area contributed by atoms with E-state index in [9.17, 15) is 9.90 Å². The first kappa shape index (κ1) is 17.2. The zero-order valence-corrected chi connectivity index (χ0v) is 13.3. The zero-order valence-electron chi connectivity index (χ0n) is 12.3. The molecule has 2 atom stereocenters. The van der Waals surface area contributed by atoms with Crippen LogP contribution in [0, 0.1) is 5.92 Å². The first-order valence-electron chi connectivity index (χ1n) is 6.31. The maximum absolute atomic E-state index is 10.6. The van der Waals surface area contributed by atoms with Gasteiger partial charge in [0.1, 0.15) is 0 Å². The fraction of sp³-hybridized carbons (Fsp3) is 0.769. The highest BCUT2D eigenvalue weighted by Gasteiger charge is 2.32. The third-order valence-corrected chi connectivity index (χ3v) is 8.78. The second-order valence-electron chi connectivity index (χ2n) is 6.43. The quantitative estimate of drug-likeness (QED) is 0.675. The van der Waals surface area contributed by atoms with Gasteiger partial charge < -0.3 is 15.5 Å². The van der Waals surface area contributed by atoms with Gasteiger partial charge in [0.05, 0.1) is 20.7 Å². The third-order valence-electron chi connectivity index (χ3n) is 3.89. The molecule has 0 heterocycles. The van der Waals surface area contributed by atoms with Crippen LogP contribution in [0.1, 0.15) is 27.7 Å². The topological polar surface area (TPSA) is 69.6 Å². The van der Waals surface area contributed by atoms with E-state index in [1.807, 2.05) is 13.0 Å². The van der Waals surface area contributed by atoms with Crippen molar-refractivity contribution in [1.82, 2.24) is 5.32 Å². The van der Waals surface area contributed by atoms with Crippen molar-refractivity contribution in [2.24, 2.45) is 5.92 Å². The number of carboxylic acid groups (broad SMARTS) is 1. The van der Waals surface area contributed by atoms with Crippen molar-refractivity contribution in [1.29, 1.82) is 0 Å². The number of aliphatic hydroxyl groups excluding tert-OH is 1. The summed E-state index contributed by atoms with van der Waals surface area (Å²) in [5.74, 6) is -0.0137. The lowest BCUT2D eigenvalue weighted by atomic mass is 10.0. The van der Waals surface area contributed by atoms with Gasteiger partial charge in [0, 0.05) is 0 Å². The van der Waals surface area contributed by atoms with E-state index in [0.717, 1.165) is 0 Å². The highest BCUT2D eigenvalue weighted by Crippen LogP contribution is 2.36. The standard InChI is InChI=1S/C13H27NO3Si/c1-10(11(9-15)14-12(16)17)7-8-18(5,6)13(2,3)4/h7-8,10-11,14-15H,9H2,1-6H3,(H,16,17)/t10-,11+/m0/s1. The molecule has 4 nitrogen and oxygen atoms in total. The fourth-order valence-corrected chi connectivity index (χ4v) is 2.56. The van der Waals surface area contributed by atoms with Gasteiger partial charge >= 0.3 is 6.09 Å². The van der Waals surface area contributed by atoms with E-state index in [2.05, 4.69) is 44.9 Å². The minimum atomic E-state index is -1.50. The predicted molar refractivity (Wildman–Crippen MR) is 77.5 cm³/mol. The smallest absolute Gasteiger partial charge is 0.404 e. The Balaban J connectivity index is 4.72. The van der Waals surface area contributed by atoms with Crippen LogP contribution in [0.5, 0.6) is 0 Å². The zero-order chi connectivity index (χ0) is 14.6. The lowest BCUT2D eigenvalue weighted by molar-refractivity contribution is 0.169. The summed E-state index contributed by atoms with van der Waals surface area (Å²) in [6.45, 7) is 13.0. The lowest BCUT2D eigenvalue weighted by Gasteiger charge is -2.34. The summed E-state index contributed by atoms with van der Waals surface area (Å²) >= 11 is 0. The molecule has 0 aromatic rings. The normalized spacial score (nSPS) is 16.6. The van der Waals surface area contributed by atoms with Gasteiger partial charge in [-0.05, 0) is 11.0 Å². The van der Waals surface area contributed by atoms with Crippen molar-refractivity contribution in [3.05, 3.63) is 11.8 Å². The molecule has 1 amide bonds. The van der Waals surface area contributed by atoms with Crippen LogP contribution in [0.25, 0.3) is 0 Å². The van der Waals surface area contributed by atoms with Crippen molar-refractivity contribution in [2.75, 3.05) is 6.61 Å². The first-order chi connectivity index (χ1) is 8.01. The number of hydrogen-bond acceptors (Lipinski definition) is 2. The summed E-state index contributed by atoms with van der Waals surface area (Å²) in [4.78, 5) is 10.6. The maximum Gasteiger partial charge on any atom is 0.404 e. The monoisotopic (exact) mass is 273 g/mol. The first-order valence-corrected chi connectivity index (χ1v) is 9.38. The minimum Gasteiger partial charge on any atom is -0.465 e. The number of amides is 1. The van der Waals surface area contributed by atoms with Gasteiger partial charge in [-0.2, -0.15) is 0 Å². The fourth-order valence-electron chi connectivity index (χ4n) is 1.28. The number of aliphatic hydroxyl groups is 1. The van der Waals surface area contributed by atoms with Crippen LogP contribution < -0.4 is 5.32 Å². The SMILES string of the molecule is C[C@@H](C=C[Si](C)(C)C(C)(C)C)[C@@H](CO)NC(=O)O. The van der Waals surface area contributed by atoms with Gasteiger partial charge in [-0.15, -0.1) is 0 Å². The van der Waals surface area contributed by atoms with Crippen LogP contribution in [0.15, 0.2) is 11.8 Å². The summed E-state index contributed by atoms with van der Waals surface area (Å²) in [7, 11) is -1.50. The molecular formula is C13H27NO3Si. The van der Waals surface area contributed by atoms with Crippen LogP contribution in [0.3, 0.4) is 0 Å². The van der Waals surface area contributed by atoms with E-state index in [-0.39, 0.29) is 17.6 Å². The van der Waals surface area contributed by atoms with Crippen molar-refractivity contribution in [3.63, 3.8) is 0 Å². The van der Waals surface area contributed by atoms with Gasteiger partial charge in [0.15, 0.2) is 0 Å². The van der Waals surface area contributed by atoms with E-state index >= 15 is 0 Å². The van der Waals surface area contributed by atoms with E-state index < -0.39 is 20.2 Å². The molecule has 5 heteroatoms. The predicted octanol–water partition coefficient (Wildman–Crippen LogP) is 2.85. The Bertz CT molecular complexity index is 308. The molecule has 0 bridgehead atoms. The molecule has 0 aromatic carbocycles. The molecule has 3 N–H and O–H groups in total. The van der Waals surface area contributed by atoms with Crippen LogP contribution in [0.4, 0.5) is 4.79 Å². The molecule has 0 spiro atoms. The number of nitrogens with one attached hydrogen (secondary N) is 1. The lowest BCUT2D eigenvalue weighted by Crippen LogP contribution is -2.41. The van der Waals surface area contributed by atoms with Gasteiger partial charge in [-0.1, -0.05) is 52.6 Å². The van der Waals surface area contributed by atoms with Crippen LogP contribution in [0.2, 0.25) is 18.1 Å². The van der Waals surface area contributed by atoms with Crippen molar-refractivity contribution in [2.45, 2.75) is 51.9 Å². The number of rotatable bonds is 5. The number of hydrogen-bond donors (Lipinski definition) is 3. The Kier molecular flexibility index (Phi) is 6.09. The second kappa shape index (κ2) is 6.38. The molecule has 0 aliphatic rings. The molecule has 0 aliphatic heterocycles. The number of carbonyl (C=O) groups is 1. The molecule has 0 fully saturated rings. The van der Waals surface area contributed by atoms with Crippen LogP contribution >= 0.6 is 0 Å². The van der Waals surface area contributed by atoms with Gasteiger partial charge in [0.2, 0.25) is 0 Å². The molecular weight excluding hydrogens is 246 g/mol. The highest BCUT2D eigenvalue weighted by atomic mass is 28.3. The summed E-state index contributed by atoms with van der Waals surface area (Å²) in [6.07, 6.45) is 0.940. The summed E-state index contributed by atoms with van der Waals surface area (Å²) < 4.78 is 0. The molecule has 0 saturated carbocycles. The van der Waals surface area contributed by atoms with E-state index in [1.165, 1.54) is 0 Å². The Morgan fingerprint density at radius 2 is 1.89 bits per heavy atom. The Labute approximate surface area is 111 Å². The third kappa shape index (κ3) is 5.22. The second-order valence-corrected chi connectivity index (χ2v) is 11.7. The van der Waals surface area contributed by atoms with Gasteiger partial charge in [-0.3, -0.25) is 0 Å². The minimum absolute atomic E-state index is 0.0137. The molecule has 0 radical (unpaired) electrons. The van der Waals surface area contributed by atoms with Crippen molar-refractivity contribution >= 4 is 14.2 Å². The average Bonchev–Trinajstić information content (AvgIpc) is 2.20. The Morgan fingerprint density at radius 3 is 2.22 bits per heavy atom. The summed E-state index contributed by atoms with van der Waals surface area (Å²) in [5.41, 5.74) is 2.24. The van der Waals surface area contributed by atoms with Crippen molar-refractivity contribution < 1.29 is 15.0 Å². The molecule has 0 rings (SSSR count). The molecule has 18 heavy (non-hydrogen) atoms. The van der Waals surface area contributed by atoms with Crippen molar-refractivity contribution in [3.8, 4) is 0 Å². The Hall–Kier alpha value is -0.813. The average molecular weight is 273 g/mol. The molecule has 0 unspecified atom stereocenters. The van der Waals surface area contributed by atoms with E-state index in [1.54, 1.807) is 0 Å².